The van der Waals surface area contributed by atoms with E-state index in [0.717, 1.165) is 10.5 Å². The van der Waals surface area contributed by atoms with E-state index in [1.165, 1.54) is 7.05 Å². The van der Waals surface area contributed by atoms with Gasteiger partial charge in [0.25, 0.3) is 11.8 Å². The molecule has 132 valence electrons. The number of fused-ring (bicyclic) bond motifs is 1. The normalized spacial score (nSPS) is 16.3. The van der Waals surface area contributed by atoms with Crippen molar-refractivity contribution in [3.63, 3.8) is 0 Å². The van der Waals surface area contributed by atoms with Crippen LogP contribution in [0.1, 0.15) is 11.1 Å². The van der Waals surface area contributed by atoms with E-state index in [1.54, 1.807) is 18.2 Å². The van der Waals surface area contributed by atoms with Gasteiger partial charge in [-0.05, 0) is 24.6 Å². The third kappa shape index (κ3) is 2.69. The molecular weight excluding hydrogens is 332 g/mol. The molecule has 0 bridgehead atoms. The van der Waals surface area contributed by atoms with E-state index in [9.17, 15) is 9.59 Å². The Hall–Kier alpha value is -3.28. The van der Waals surface area contributed by atoms with Crippen molar-refractivity contribution in [1.29, 1.82) is 0 Å². The highest BCUT2D eigenvalue weighted by Crippen LogP contribution is 2.35. The minimum Gasteiger partial charge on any atom is -0.486 e. The molecule has 4 rings (SSSR count). The number of hydrogen-bond donors (Lipinski definition) is 1. The summed E-state index contributed by atoms with van der Waals surface area (Å²) in [7, 11) is 1.48. The molecule has 2 amide bonds. The monoisotopic (exact) mass is 350 g/mol. The van der Waals surface area contributed by atoms with Crippen LogP contribution in [0.2, 0.25) is 0 Å². The Morgan fingerprint density at radius 3 is 2.35 bits per heavy atom. The fraction of sp³-hybridized carbons (Fsp3) is 0.200. The molecule has 1 N–H and O–H groups in total. The number of nitrogens with one attached hydrogen (secondary N) is 1. The summed E-state index contributed by atoms with van der Waals surface area (Å²) in [5.41, 5.74) is 3.08. The minimum atomic E-state index is -0.361. The van der Waals surface area contributed by atoms with Gasteiger partial charge in [0.1, 0.15) is 18.9 Å². The largest absolute Gasteiger partial charge is 0.486 e. The number of likely N-dealkylation sites (N-methyl/N-ethyl adjacent to an activating group) is 1. The summed E-state index contributed by atoms with van der Waals surface area (Å²) < 4.78 is 11.1. The molecule has 2 aromatic carbocycles. The van der Waals surface area contributed by atoms with E-state index in [1.807, 2.05) is 31.2 Å². The number of aryl methyl sites for hydroxylation is 1. The van der Waals surface area contributed by atoms with Gasteiger partial charge in [-0.2, -0.15) is 0 Å². The molecule has 0 aromatic heterocycles. The highest BCUT2D eigenvalue weighted by Gasteiger charge is 2.36. The highest BCUT2D eigenvalue weighted by molar-refractivity contribution is 6.36. The second kappa shape index (κ2) is 6.22. The molecule has 2 heterocycles. The Labute approximate surface area is 151 Å². The van der Waals surface area contributed by atoms with Crippen molar-refractivity contribution in [2.24, 2.45) is 0 Å². The van der Waals surface area contributed by atoms with Crippen molar-refractivity contribution in [2.45, 2.75) is 6.92 Å². The standard InChI is InChI=1S/C20H18N2O4/c1-12-3-5-13(6-4-12)17-18(20(24)22(2)19(17)23)21-14-7-8-15-16(11-14)26-10-9-25-15/h3-8,11,21H,9-10H2,1-2H3. The van der Waals surface area contributed by atoms with Gasteiger partial charge in [-0.1, -0.05) is 29.8 Å². The molecule has 6 nitrogen and oxygen atoms in total. The molecule has 2 aliphatic rings. The first-order valence-corrected chi connectivity index (χ1v) is 8.35. The smallest absolute Gasteiger partial charge is 0.277 e. The zero-order chi connectivity index (χ0) is 18.3. The van der Waals surface area contributed by atoms with E-state index in [4.69, 9.17) is 9.47 Å². The summed E-state index contributed by atoms with van der Waals surface area (Å²) in [6.07, 6.45) is 0. The zero-order valence-corrected chi connectivity index (χ0v) is 14.5. The van der Waals surface area contributed by atoms with Crippen LogP contribution in [0.5, 0.6) is 11.5 Å². The lowest BCUT2D eigenvalue weighted by atomic mass is 10.0. The second-order valence-electron chi connectivity index (χ2n) is 6.27. The number of rotatable bonds is 3. The fourth-order valence-corrected chi connectivity index (χ4v) is 3.01. The summed E-state index contributed by atoms with van der Waals surface area (Å²) in [6.45, 7) is 2.97. The maximum atomic E-state index is 12.6. The van der Waals surface area contributed by atoms with Crippen LogP contribution in [-0.2, 0) is 9.59 Å². The van der Waals surface area contributed by atoms with Crippen LogP contribution >= 0.6 is 0 Å². The van der Waals surface area contributed by atoms with Crippen LogP contribution in [0.15, 0.2) is 48.2 Å². The van der Waals surface area contributed by atoms with E-state index in [2.05, 4.69) is 5.32 Å². The Morgan fingerprint density at radius 1 is 0.923 bits per heavy atom. The van der Waals surface area contributed by atoms with Crippen LogP contribution < -0.4 is 14.8 Å². The highest BCUT2D eigenvalue weighted by atomic mass is 16.6. The lowest BCUT2D eigenvalue weighted by Gasteiger charge is -2.19. The molecule has 26 heavy (non-hydrogen) atoms. The average Bonchev–Trinajstić information content (AvgIpc) is 2.86. The van der Waals surface area contributed by atoms with Crippen LogP contribution in [0.3, 0.4) is 0 Å². The Bertz CT molecular complexity index is 931. The van der Waals surface area contributed by atoms with Crippen molar-refractivity contribution in [3.8, 4) is 11.5 Å². The maximum Gasteiger partial charge on any atom is 0.277 e. The summed E-state index contributed by atoms with van der Waals surface area (Å²) >= 11 is 0. The number of ether oxygens (including phenoxy) is 2. The predicted molar refractivity (Wildman–Crippen MR) is 96.9 cm³/mol. The zero-order valence-electron chi connectivity index (χ0n) is 14.5. The molecule has 0 fully saturated rings. The summed E-state index contributed by atoms with van der Waals surface area (Å²) in [4.78, 5) is 26.3. The van der Waals surface area contributed by atoms with Gasteiger partial charge in [0.05, 0.1) is 5.57 Å². The maximum absolute atomic E-state index is 12.6. The molecular formula is C20H18N2O4. The topological polar surface area (TPSA) is 67.9 Å². The molecule has 6 heteroatoms. The van der Waals surface area contributed by atoms with Crippen LogP contribution in [0, 0.1) is 6.92 Å². The Kier molecular flexibility index (Phi) is 3.88. The van der Waals surface area contributed by atoms with E-state index < -0.39 is 0 Å². The summed E-state index contributed by atoms with van der Waals surface area (Å²) in [6, 6.07) is 12.9. The SMILES string of the molecule is Cc1ccc(C2=C(Nc3ccc4c(c3)OCCO4)C(=O)N(C)C2=O)cc1. The van der Waals surface area contributed by atoms with Gasteiger partial charge in [0.15, 0.2) is 11.5 Å². The number of amides is 2. The summed E-state index contributed by atoms with van der Waals surface area (Å²) in [5, 5.41) is 3.10. The van der Waals surface area contributed by atoms with Crippen molar-refractivity contribution in [3.05, 3.63) is 59.3 Å². The van der Waals surface area contributed by atoms with Crippen molar-refractivity contribution in [2.75, 3.05) is 25.6 Å². The van der Waals surface area contributed by atoms with Gasteiger partial charge >= 0.3 is 0 Å². The van der Waals surface area contributed by atoms with Gasteiger partial charge in [-0.25, -0.2) is 0 Å². The van der Waals surface area contributed by atoms with Crippen molar-refractivity contribution in [1.82, 2.24) is 4.90 Å². The Balaban J connectivity index is 1.74. The van der Waals surface area contributed by atoms with Crippen molar-refractivity contribution >= 4 is 23.1 Å². The first-order chi connectivity index (χ1) is 12.5. The fourth-order valence-electron chi connectivity index (χ4n) is 3.01. The molecule has 0 saturated carbocycles. The Morgan fingerprint density at radius 2 is 1.62 bits per heavy atom. The van der Waals surface area contributed by atoms with E-state index in [0.29, 0.717) is 41.5 Å². The summed E-state index contributed by atoms with van der Waals surface area (Å²) in [5.74, 6) is 0.601. The third-order valence-corrected chi connectivity index (χ3v) is 4.44. The molecule has 0 aliphatic carbocycles. The molecule has 0 spiro atoms. The van der Waals surface area contributed by atoms with Gasteiger partial charge in [0, 0.05) is 18.8 Å². The van der Waals surface area contributed by atoms with Crippen LogP contribution in [-0.4, -0.2) is 37.0 Å². The van der Waals surface area contributed by atoms with E-state index in [-0.39, 0.29) is 17.5 Å². The minimum absolute atomic E-state index is 0.262. The number of carbonyl (C=O) groups is 2. The van der Waals surface area contributed by atoms with Gasteiger partial charge in [0.2, 0.25) is 0 Å². The van der Waals surface area contributed by atoms with Gasteiger partial charge in [-0.15, -0.1) is 0 Å². The lowest BCUT2D eigenvalue weighted by molar-refractivity contribution is -0.135. The third-order valence-electron chi connectivity index (χ3n) is 4.44. The molecule has 0 saturated heterocycles. The number of hydrogen-bond acceptors (Lipinski definition) is 5. The molecule has 2 aromatic rings. The molecule has 0 radical (unpaired) electrons. The average molecular weight is 350 g/mol. The van der Waals surface area contributed by atoms with Crippen LogP contribution in [0.4, 0.5) is 5.69 Å². The molecule has 0 unspecified atom stereocenters. The first-order valence-electron chi connectivity index (χ1n) is 8.35. The van der Waals surface area contributed by atoms with Crippen LogP contribution in [0.25, 0.3) is 5.57 Å². The number of anilines is 1. The quantitative estimate of drug-likeness (QED) is 0.862. The molecule has 0 atom stereocenters. The van der Waals surface area contributed by atoms with Gasteiger partial charge < -0.3 is 14.8 Å². The van der Waals surface area contributed by atoms with E-state index >= 15 is 0 Å². The number of nitrogens with zero attached hydrogens (tertiary/aromatic N) is 1. The predicted octanol–water partition coefficient (Wildman–Crippen LogP) is 2.59. The number of imide groups is 1. The first kappa shape index (κ1) is 16.2. The number of carbonyl (C=O) groups excluding carboxylic acids is 2. The number of benzene rings is 2. The van der Waals surface area contributed by atoms with Gasteiger partial charge in [-0.3, -0.25) is 14.5 Å². The lowest BCUT2D eigenvalue weighted by Crippen LogP contribution is -2.27. The molecule has 2 aliphatic heterocycles. The van der Waals surface area contributed by atoms with Crippen molar-refractivity contribution < 1.29 is 19.1 Å². The second-order valence-corrected chi connectivity index (χ2v) is 6.27.